The Morgan fingerprint density at radius 1 is 1.21 bits per heavy atom. The van der Waals surface area contributed by atoms with Crippen LogP contribution in [0.5, 0.6) is 0 Å². The molecule has 2 aromatic heterocycles. The minimum atomic E-state index is -0.664. The van der Waals surface area contributed by atoms with Gasteiger partial charge in [0.15, 0.2) is 5.58 Å². The molecule has 0 spiro atoms. The first kappa shape index (κ1) is 17.7. The van der Waals surface area contributed by atoms with Gasteiger partial charge in [-0.15, -0.1) is 0 Å². The number of hydrogen-bond acceptors (Lipinski definition) is 9. The fraction of sp³-hybridized carbons (Fsp3) is 0.278. The van der Waals surface area contributed by atoms with Crippen LogP contribution in [-0.4, -0.2) is 54.1 Å². The lowest BCUT2D eigenvalue weighted by Crippen LogP contribution is -2.47. The van der Waals surface area contributed by atoms with E-state index in [1.165, 1.54) is 19.4 Å². The van der Waals surface area contributed by atoms with Crippen molar-refractivity contribution in [1.29, 1.82) is 0 Å². The van der Waals surface area contributed by atoms with E-state index in [9.17, 15) is 14.9 Å². The third-order valence-corrected chi connectivity index (χ3v) is 4.60. The maximum absolute atomic E-state index is 11.6. The Morgan fingerprint density at radius 2 is 1.93 bits per heavy atom. The molecule has 0 saturated carbocycles. The minimum Gasteiger partial charge on any atom is -0.465 e. The van der Waals surface area contributed by atoms with Gasteiger partial charge in [0.05, 0.1) is 17.6 Å². The number of methoxy groups -OCH3 is 1. The number of oxazole rings is 1. The van der Waals surface area contributed by atoms with Gasteiger partial charge in [0.1, 0.15) is 5.52 Å². The van der Waals surface area contributed by atoms with Gasteiger partial charge >= 0.3 is 11.7 Å². The zero-order valence-electron chi connectivity index (χ0n) is 15.1. The zero-order chi connectivity index (χ0) is 19.7. The Hall–Kier alpha value is -3.69. The number of piperazine rings is 1. The van der Waals surface area contributed by atoms with Crippen LogP contribution in [0.1, 0.15) is 10.4 Å². The van der Waals surface area contributed by atoms with Gasteiger partial charge < -0.3 is 19.0 Å². The lowest BCUT2D eigenvalue weighted by molar-refractivity contribution is -0.384. The summed E-state index contributed by atoms with van der Waals surface area (Å²) < 4.78 is 10.4. The number of anilines is 2. The molecule has 1 aromatic carbocycles. The summed E-state index contributed by atoms with van der Waals surface area (Å²) in [4.78, 5) is 35.0. The average molecular weight is 383 g/mol. The van der Waals surface area contributed by atoms with E-state index in [0.717, 1.165) is 11.1 Å². The van der Waals surface area contributed by atoms with Crippen molar-refractivity contribution in [1.82, 2.24) is 9.97 Å². The number of rotatable bonds is 4. The first-order valence-electron chi connectivity index (χ1n) is 8.65. The molecule has 144 valence electrons. The maximum atomic E-state index is 11.6. The van der Waals surface area contributed by atoms with Crippen LogP contribution in [0.4, 0.5) is 17.5 Å². The largest absolute Gasteiger partial charge is 0.465 e. The van der Waals surface area contributed by atoms with E-state index in [1.807, 2.05) is 34.1 Å². The quantitative estimate of drug-likeness (QED) is 0.380. The molecule has 10 nitrogen and oxygen atoms in total. The van der Waals surface area contributed by atoms with Gasteiger partial charge in [-0.25, -0.2) is 9.78 Å². The number of carbonyl (C=O) groups is 1. The molecular weight excluding hydrogens is 366 g/mol. The third-order valence-electron chi connectivity index (χ3n) is 4.60. The summed E-state index contributed by atoms with van der Waals surface area (Å²) in [7, 11) is 1.22. The summed E-state index contributed by atoms with van der Waals surface area (Å²) in [5, 5.41) is 11.5. The Morgan fingerprint density at radius 3 is 2.61 bits per heavy atom. The minimum absolute atomic E-state index is 0.0445. The lowest BCUT2D eigenvalue weighted by atomic mass is 10.2. The first-order chi connectivity index (χ1) is 13.6. The second-order valence-corrected chi connectivity index (χ2v) is 6.25. The number of pyridine rings is 1. The highest BCUT2D eigenvalue weighted by atomic mass is 16.6. The Labute approximate surface area is 159 Å². The molecular formula is C18H17N5O5. The van der Waals surface area contributed by atoms with E-state index in [0.29, 0.717) is 32.2 Å². The highest BCUT2D eigenvalue weighted by Gasteiger charge is 2.28. The van der Waals surface area contributed by atoms with Crippen molar-refractivity contribution in [3.05, 3.63) is 52.2 Å². The van der Waals surface area contributed by atoms with Crippen LogP contribution in [0.2, 0.25) is 0 Å². The van der Waals surface area contributed by atoms with Gasteiger partial charge in [-0.05, 0) is 12.1 Å². The van der Waals surface area contributed by atoms with Gasteiger partial charge in [0.25, 0.3) is 6.01 Å². The van der Waals surface area contributed by atoms with Crippen LogP contribution in [0.15, 0.2) is 40.9 Å². The van der Waals surface area contributed by atoms with E-state index in [-0.39, 0.29) is 17.1 Å². The predicted octanol–water partition coefficient (Wildman–Crippen LogP) is 2.24. The number of hydrogen-bond donors (Lipinski definition) is 0. The molecule has 1 aliphatic rings. The van der Waals surface area contributed by atoms with Crippen molar-refractivity contribution in [3.63, 3.8) is 0 Å². The number of nitro groups is 1. The lowest BCUT2D eigenvalue weighted by Gasteiger charge is -2.34. The van der Waals surface area contributed by atoms with E-state index < -0.39 is 10.9 Å². The SMILES string of the molecule is COC(=O)c1cnc(N2CCN(c3nc4ccccc4o3)CC2)c([N+](=O)[O-])c1. The number of para-hydroxylation sites is 2. The highest BCUT2D eigenvalue weighted by Crippen LogP contribution is 2.29. The molecule has 0 radical (unpaired) electrons. The molecule has 3 heterocycles. The third kappa shape index (κ3) is 3.20. The maximum Gasteiger partial charge on any atom is 0.339 e. The van der Waals surface area contributed by atoms with Crippen LogP contribution in [-0.2, 0) is 4.74 Å². The monoisotopic (exact) mass is 383 g/mol. The molecule has 0 N–H and O–H groups in total. The van der Waals surface area contributed by atoms with Gasteiger partial charge in [-0.3, -0.25) is 10.1 Å². The molecule has 0 unspecified atom stereocenters. The summed E-state index contributed by atoms with van der Waals surface area (Å²) in [5.41, 5.74) is 1.33. The number of aromatic nitrogens is 2. The van der Waals surface area contributed by atoms with E-state index in [2.05, 4.69) is 14.7 Å². The van der Waals surface area contributed by atoms with Crippen LogP contribution >= 0.6 is 0 Å². The first-order valence-corrected chi connectivity index (χ1v) is 8.65. The molecule has 1 aliphatic heterocycles. The van der Waals surface area contributed by atoms with Crippen LogP contribution in [0, 0.1) is 10.1 Å². The van der Waals surface area contributed by atoms with E-state index in [1.54, 1.807) is 0 Å². The summed E-state index contributed by atoms with van der Waals surface area (Å²) >= 11 is 0. The molecule has 1 saturated heterocycles. The number of esters is 1. The van der Waals surface area contributed by atoms with E-state index >= 15 is 0 Å². The molecule has 1 fully saturated rings. The van der Waals surface area contributed by atoms with Crippen molar-refractivity contribution >= 4 is 34.6 Å². The van der Waals surface area contributed by atoms with Crippen LogP contribution < -0.4 is 9.80 Å². The number of fused-ring (bicyclic) bond motifs is 1. The molecule has 3 aromatic rings. The Bertz CT molecular complexity index is 1010. The molecule has 10 heteroatoms. The molecule has 0 atom stereocenters. The highest BCUT2D eigenvalue weighted by molar-refractivity contribution is 5.90. The summed E-state index contributed by atoms with van der Waals surface area (Å²) in [5.74, 6) is -0.433. The molecule has 0 bridgehead atoms. The van der Waals surface area contributed by atoms with Crippen LogP contribution in [0.3, 0.4) is 0 Å². The number of carbonyl (C=O) groups excluding carboxylic acids is 1. The van der Waals surface area contributed by atoms with Gasteiger partial charge in [0.2, 0.25) is 5.82 Å². The predicted molar refractivity (Wildman–Crippen MR) is 101 cm³/mol. The summed E-state index contributed by atoms with van der Waals surface area (Å²) in [6, 6.07) is 9.26. The van der Waals surface area contributed by atoms with E-state index in [4.69, 9.17) is 4.42 Å². The fourth-order valence-corrected chi connectivity index (χ4v) is 3.16. The number of benzene rings is 1. The van der Waals surface area contributed by atoms with Gasteiger partial charge in [-0.2, -0.15) is 4.98 Å². The van der Waals surface area contributed by atoms with Crippen LogP contribution in [0.25, 0.3) is 11.1 Å². The second-order valence-electron chi connectivity index (χ2n) is 6.25. The Balaban J connectivity index is 1.53. The topological polar surface area (TPSA) is 115 Å². The van der Waals surface area contributed by atoms with Crippen molar-refractivity contribution in [3.8, 4) is 0 Å². The van der Waals surface area contributed by atoms with Gasteiger partial charge in [-0.1, -0.05) is 12.1 Å². The summed E-state index contributed by atoms with van der Waals surface area (Å²) in [6.45, 7) is 2.16. The van der Waals surface area contributed by atoms with Crippen molar-refractivity contribution in [2.24, 2.45) is 0 Å². The average Bonchev–Trinajstić information content (AvgIpc) is 3.17. The second kappa shape index (κ2) is 7.14. The van der Waals surface area contributed by atoms with Gasteiger partial charge in [0, 0.05) is 38.4 Å². The van der Waals surface area contributed by atoms with Crippen molar-refractivity contribution in [2.45, 2.75) is 0 Å². The normalized spacial score (nSPS) is 14.3. The standard InChI is InChI=1S/C18H17N5O5/c1-27-17(24)12-10-14(23(25)26)16(19-11-12)21-6-8-22(9-7-21)18-20-13-4-2-3-5-15(13)28-18/h2-5,10-11H,6-9H2,1H3. The molecule has 4 rings (SSSR count). The smallest absolute Gasteiger partial charge is 0.339 e. The fourth-order valence-electron chi connectivity index (χ4n) is 3.16. The van der Waals surface area contributed by atoms with Crippen molar-refractivity contribution < 1.29 is 18.9 Å². The number of nitrogens with zero attached hydrogens (tertiary/aromatic N) is 5. The Kier molecular flexibility index (Phi) is 4.52. The zero-order valence-corrected chi connectivity index (χ0v) is 15.1. The molecule has 0 aliphatic carbocycles. The number of ether oxygens (including phenoxy) is 1. The molecule has 0 amide bonds. The van der Waals surface area contributed by atoms with Crippen molar-refractivity contribution in [2.75, 3.05) is 43.1 Å². The summed E-state index contributed by atoms with van der Waals surface area (Å²) in [6.07, 6.45) is 1.29. The molecule has 28 heavy (non-hydrogen) atoms.